The van der Waals surface area contributed by atoms with Gasteiger partial charge in [0.2, 0.25) is 0 Å². The Balaban J connectivity index is 2.21. The summed E-state index contributed by atoms with van der Waals surface area (Å²) in [6.45, 7) is 3.04. The summed E-state index contributed by atoms with van der Waals surface area (Å²) in [5.41, 5.74) is 0. The van der Waals surface area contributed by atoms with Crippen LogP contribution in [0.25, 0.3) is 0 Å². The quantitative estimate of drug-likeness (QED) is 0.576. The maximum absolute atomic E-state index is 9.66. The van der Waals surface area contributed by atoms with E-state index in [0.717, 1.165) is 6.42 Å². The smallest absolute Gasteiger partial charge is 0.0860 e. The van der Waals surface area contributed by atoms with Gasteiger partial charge >= 0.3 is 0 Å². The fourth-order valence-corrected chi connectivity index (χ4v) is 1.33. The number of nitrogens with zero attached hydrogens (tertiary/aromatic N) is 2. The van der Waals surface area contributed by atoms with Gasteiger partial charge in [0.05, 0.1) is 19.3 Å². The van der Waals surface area contributed by atoms with Gasteiger partial charge in [0.25, 0.3) is 0 Å². The van der Waals surface area contributed by atoms with E-state index in [1.54, 1.807) is 10.9 Å². The first-order valence-corrected chi connectivity index (χ1v) is 5.26. The molecule has 2 atom stereocenters. The van der Waals surface area contributed by atoms with Crippen LogP contribution in [0.5, 0.6) is 0 Å². The molecule has 0 radical (unpaired) electrons. The van der Waals surface area contributed by atoms with Gasteiger partial charge in [-0.05, 0) is 12.5 Å². The second-order valence-corrected chi connectivity index (χ2v) is 3.58. The van der Waals surface area contributed by atoms with Crippen molar-refractivity contribution in [3.63, 3.8) is 0 Å². The van der Waals surface area contributed by atoms with Crippen molar-refractivity contribution in [2.75, 3.05) is 13.2 Å². The van der Waals surface area contributed by atoms with Crippen LogP contribution in [-0.2, 0) is 6.54 Å². The molecule has 0 spiro atoms. The molecule has 1 rings (SSSR count). The molecule has 0 aliphatic carbocycles. The van der Waals surface area contributed by atoms with Gasteiger partial charge in [-0.2, -0.15) is 5.10 Å². The number of nitrogens with one attached hydrogen (secondary N) is 1. The molecule has 1 heterocycles. The third kappa shape index (κ3) is 4.42. The molecule has 1 aromatic rings. The average molecular weight is 213 g/mol. The number of hydrogen-bond acceptors (Lipinski definition) is 4. The third-order valence-electron chi connectivity index (χ3n) is 2.31. The van der Waals surface area contributed by atoms with Crippen LogP contribution in [0.4, 0.5) is 0 Å². The minimum atomic E-state index is -0.481. The van der Waals surface area contributed by atoms with Gasteiger partial charge in [0, 0.05) is 25.0 Å². The van der Waals surface area contributed by atoms with Gasteiger partial charge < -0.3 is 15.5 Å². The second-order valence-electron chi connectivity index (χ2n) is 3.58. The van der Waals surface area contributed by atoms with Gasteiger partial charge in [0.15, 0.2) is 0 Å². The van der Waals surface area contributed by atoms with E-state index >= 15 is 0 Å². The monoisotopic (exact) mass is 213 g/mol. The molecule has 1 aromatic heterocycles. The molecule has 0 amide bonds. The van der Waals surface area contributed by atoms with Crippen LogP contribution in [0, 0.1) is 0 Å². The normalized spacial score (nSPS) is 15.1. The molecular formula is C10H19N3O2. The van der Waals surface area contributed by atoms with Crippen molar-refractivity contribution in [2.24, 2.45) is 0 Å². The first-order valence-electron chi connectivity index (χ1n) is 5.26. The number of aromatic nitrogens is 2. The molecule has 86 valence electrons. The third-order valence-corrected chi connectivity index (χ3v) is 2.31. The number of hydrogen-bond donors (Lipinski definition) is 3. The van der Waals surface area contributed by atoms with Gasteiger partial charge in [-0.25, -0.2) is 0 Å². The van der Waals surface area contributed by atoms with E-state index in [2.05, 4.69) is 10.4 Å². The van der Waals surface area contributed by atoms with E-state index in [-0.39, 0.29) is 12.6 Å². The minimum Gasteiger partial charge on any atom is -0.395 e. The van der Waals surface area contributed by atoms with Crippen molar-refractivity contribution >= 4 is 0 Å². The first-order chi connectivity index (χ1) is 7.26. The number of aliphatic hydroxyl groups excluding tert-OH is 2. The molecule has 3 N–H and O–H groups in total. The van der Waals surface area contributed by atoms with Crippen LogP contribution >= 0.6 is 0 Å². The fraction of sp³-hybridized carbons (Fsp3) is 0.700. The Kier molecular flexibility index (Phi) is 5.31. The average Bonchev–Trinajstić information content (AvgIpc) is 2.72. The summed E-state index contributed by atoms with van der Waals surface area (Å²) in [7, 11) is 0. The van der Waals surface area contributed by atoms with Crippen molar-refractivity contribution in [1.82, 2.24) is 15.1 Å². The lowest BCUT2D eigenvalue weighted by molar-refractivity contribution is 0.135. The van der Waals surface area contributed by atoms with Gasteiger partial charge in [-0.15, -0.1) is 0 Å². The van der Waals surface area contributed by atoms with Gasteiger partial charge in [-0.3, -0.25) is 4.68 Å². The molecule has 15 heavy (non-hydrogen) atoms. The summed E-state index contributed by atoms with van der Waals surface area (Å²) in [6, 6.07) is 1.89. The Labute approximate surface area is 89.7 Å². The maximum atomic E-state index is 9.66. The van der Waals surface area contributed by atoms with E-state index in [4.69, 9.17) is 5.11 Å². The summed E-state index contributed by atoms with van der Waals surface area (Å²) < 4.78 is 1.69. The topological polar surface area (TPSA) is 70.3 Å². The van der Waals surface area contributed by atoms with Crippen molar-refractivity contribution in [2.45, 2.75) is 32.0 Å². The summed E-state index contributed by atoms with van der Waals surface area (Å²) in [4.78, 5) is 0. The maximum Gasteiger partial charge on any atom is 0.0860 e. The highest BCUT2D eigenvalue weighted by Crippen LogP contribution is 1.93. The lowest BCUT2D eigenvalue weighted by Crippen LogP contribution is -2.39. The van der Waals surface area contributed by atoms with E-state index in [9.17, 15) is 5.11 Å². The molecule has 0 saturated heterocycles. The molecule has 0 fully saturated rings. The lowest BCUT2D eigenvalue weighted by Gasteiger charge is -2.17. The Morgan fingerprint density at radius 3 is 2.87 bits per heavy atom. The van der Waals surface area contributed by atoms with Crippen LogP contribution in [0.2, 0.25) is 0 Å². The van der Waals surface area contributed by atoms with E-state index in [1.807, 2.05) is 19.2 Å². The largest absolute Gasteiger partial charge is 0.395 e. The molecule has 2 unspecified atom stereocenters. The highest BCUT2D eigenvalue weighted by molar-refractivity contribution is 4.79. The SMILES string of the molecule is CCC(CO)NCC(O)Cn1cccn1. The Morgan fingerprint density at radius 2 is 2.33 bits per heavy atom. The molecule has 0 aliphatic heterocycles. The standard InChI is InChI=1S/C10H19N3O2/c1-2-9(8-14)11-6-10(15)7-13-5-3-4-12-13/h3-5,9-11,14-15H,2,6-8H2,1H3. The number of aliphatic hydroxyl groups is 2. The van der Waals surface area contributed by atoms with E-state index in [0.29, 0.717) is 13.1 Å². The van der Waals surface area contributed by atoms with Crippen LogP contribution < -0.4 is 5.32 Å². The van der Waals surface area contributed by atoms with Crippen molar-refractivity contribution < 1.29 is 10.2 Å². The molecule has 0 saturated carbocycles. The summed E-state index contributed by atoms with van der Waals surface area (Å²) >= 11 is 0. The van der Waals surface area contributed by atoms with Gasteiger partial charge in [-0.1, -0.05) is 6.92 Å². The summed E-state index contributed by atoms with van der Waals surface area (Å²) in [6.07, 6.45) is 3.87. The Hall–Kier alpha value is -0.910. The predicted molar refractivity (Wildman–Crippen MR) is 57.4 cm³/mol. The van der Waals surface area contributed by atoms with Crippen LogP contribution in [0.1, 0.15) is 13.3 Å². The molecule has 0 bridgehead atoms. The minimum absolute atomic E-state index is 0.0669. The molecule has 0 aliphatic rings. The Bertz CT molecular complexity index is 247. The van der Waals surface area contributed by atoms with Crippen molar-refractivity contribution in [3.8, 4) is 0 Å². The second kappa shape index (κ2) is 6.55. The highest BCUT2D eigenvalue weighted by atomic mass is 16.3. The van der Waals surface area contributed by atoms with Gasteiger partial charge in [0.1, 0.15) is 0 Å². The van der Waals surface area contributed by atoms with Crippen LogP contribution in [0.15, 0.2) is 18.5 Å². The molecular weight excluding hydrogens is 194 g/mol. The zero-order chi connectivity index (χ0) is 11.1. The summed E-state index contributed by atoms with van der Waals surface area (Å²) in [5.74, 6) is 0. The van der Waals surface area contributed by atoms with Crippen LogP contribution in [0.3, 0.4) is 0 Å². The first kappa shape index (κ1) is 12.2. The van der Waals surface area contributed by atoms with Crippen molar-refractivity contribution in [1.29, 1.82) is 0 Å². The van der Waals surface area contributed by atoms with E-state index in [1.165, 1.54) is 0 Å². The highest BCUT2D eigenvalue weighted by Gasteiger charge is 2.08. The lowest BCUT2D eigenvalue weighted by atomic mass is 10.2. The van der Waals surface area contributed by atoms with Crippen LogP contribution in [-0.4, -0.2) is 45.3 Å². The summed E-state index contributed by atoms with van der Waals surface area (Å²) in [5, 5.41) is 25.7. The fourth-order valence-electron chi connectivity index (χ4n) is 1.33. The zero-order valence-corrected chi connectivity index (χ0v) is 9.00. The predicted octanol–water partition coefficient (Wildman–Crippen LogP) is -0.396. The Morgan fingerprint density at radius 1 is 1.53 bits per heavy atom. The van der Waals surface area contributed by atoms with Crippen molar-refractivity contribution in [3.05, 3.63) is 18.5 Å². The molecule has 5 nitrogen and oxygen atoms in total. The molecule has 5 heteroatoms. The van der Waals surface area contributed by atoms with E-state index < -0.39 is 6.10 Å². The zero-order valence-electron chi connectivity index (χ0n) is 9.00. The molecule has 0 aromatic carbocycles. The number of rotatable bonds is 7.